The van der Waals surface area contributed by atoms with E-state index < -0.39 is 35.2 Å². The lowest BCUT2D eigenvalue weighted by Crippen LogP contribution is -2.30. The van der Waals surface area contributed by atoms with Gasteiger partial charge in [0, 0.05) is 30.6 Å². The number of halogens is 5. The fraction of sp³-hybridized carbons (Fsp3) is 0.276. The first-order valence-corrected chi connectivity index (χ1v) is 12.6. The third-order valence-electron chi connectivity index (χ3n) is 7.04. The van der Waals surface area contributed by atoms with Gasteiger partial charge in [0.2, 0.25) is 5.62 Å². The molecule has 208 valence electrons. The number of aromatic nitrogens is 3. The van der Waals surface area contributed by atoms with Gasteiger partial charge in [0.15, 0.2) is 0 Å². The van der Waals surface area contributed by atoms with Crippen LogP contribution in [0.25, 0.3) is 11.3 Å². The number of benzene rings is 2. The van der Waals surface area contributed by atoms with Crippen LogP contribution < -0.4 is 10.9 Å². The zero-order chi connectivity index (χ0) is 28.8. The maximum Gasteiger partial charge on any atom is 0.418 e. The van der Waals surface area contributed by atoms with E-state index in [1.807, 2.05) is 0 Å². The number of alkyl halides is 3. The molecule has 1 amide bonds. The third kappa shape index (κ3) is 5.68. The smallest absolute Gasteiger partial charge is 0.345 e. The molecule has 2 N–H and O–H groups in total. The minimum absolute atomic E-state index is 0.0152. The zero-order valence-corrected chi connectivity index (χ0v) is 21.7. The van der Waals surface area contributed by atoms with Gasteiger partial charge in [0.25, 0.3) is 5.91 Å². The van der Waals surface area contributed by atoms with Gasteiger partial charge in [0.05, 0.1) is 30.0 Å². The molecule has 2 heterocycles. The van der Waals surface area contributed by atoms with Crippen LogP contribution in [0.2, 0.25) is 0 Å². The van der Waals surface area contributed by atoms with E-state index >= 15 is 0 Å². The van der Waals surface area contributed by atoms with Crippen molar-refractivity contribution in [2.24, 2.45) is 13.0 Å². The minimum Gasteiger partial charge on any atom is -0.345 e. The number of hydrogen-bond donors (Lipinski definition) is 2. The fourth-order valence-electron chi connectivity index (χ4n) is 4.77. The summed E-state index contributed by atoms with van der Waals surface area (Å²) in [7, 11) is 1.68. The van der Waals surface area contributed by atoms with Gasteiger partial charge >= 0.3 is 6.18 Å². The van der Waals surface area contributed by atoms with Crippen LogP contribution in [-0.4, -0.2) is 20.0 Å². The Balaban J connectivity index is 1.57. The summed E-state index contributed by atoms with van der Waals surface area (Å²) in [4.78, 5) is 17.3. The van der Waals surface area contributed by atoms with Crippen molar-refractivity contribution in [3.05, 3.63) is 106 Å². The standard InChI is InChI=1S/C29H26F5N5O/c1-16-9-19(5-6-24(16)31)25(18-3-4-18)37-27(40)21-11-17(15-39-8-7-38(2)28(39)35)10-20(12-21)26-23(29(32,33)34)13-22(30)14-36-26/h5-14,18,25,35H,3-4,15H2,1-2H3,(H,37,40). The molecule has 1 atom stereocenters. The van der Waals surface area contributed by atoms with Gasteiger partial charge in [-0.05, 0) is 72.7 Å². The summed E-state index contributed by atoms with van der Waals surface area (Å²) < 4.78 is 72.3. The summed E-state index contributed by atoms with van der Waals surface area (Å²) in [6, 6.07) is 8.92. The van der Waals surface area contributed by atoms with E-state index in [0.717, 1.165) is 18.4 Å². The zero-order valence-electron chi connectivity index (χ0n) is 21.7. The lowest BCUT2D eigenvalue weighted by atomic mass is 9.97. The van der Waals surface area contributed by atoms with E-state index in [-0.39, 0.29) is 35.0 Å². The quantitative estimate of drug-likeness (QED) is 0.279. The summed E-state index contributed by atoms with van der Waals surface area (Å²) in [5.74, 6) is -1.87. The number of carbonyl (C=O) groups excluding carboxylic acids is 1. The average molecular weight is 556 g/mol. The normalized spacial score (nSPS) is 14.3. The Morgan fingerprint density at radius 2 is 1.88 bits per heavy atom. The number of hydrogen-bond acceptors (Lipinski definition) is 3. The first-order valence-electron chi connectivity index (χ1n) is 12.6. The number of rotatable bonds is 7. The van der Waals surface area contributed by atoms with Crippen molar-refractivity contribution in [3.8, 4) is 11.3 Å². The van der Waals surface area contributed by atoms with Crippen LogP contribution in [0, 0.1) is 29.9 Å². The highest BCUT2D eigenvalue weighted by Crippen LogP contribution is 2.42. The molecule has 2 aromatic heterocycles. The summed E-state index contributed by atoms with van der Waals surface area (Å²) >= 11 is 0. The minimum atomic E-state index is -4.89. The SMILES string of the molecule is Cc1cc(C(NC(=O)c2cc(Cn3ccn(C)c3=N)cc(-c3ncc(F)cc3C(F)(F)F)c2)C2CC2)ccc1F. The Morgan fingerprint density at radius 1 is 1.12 bits per heavy atom. The van der Waals surface area contributed by atoms with Crippen molar-refractivity contribution in [2.45, 2.75) is 38.5 Å². The number of nitrogens with one attached hydrogen (secondary N) is 2. The maximum absolute atomic E-state index is 13.9. The van der Waals surface area contributed by atoms with Gasteiger partial charge in [-0.25, -0.2) is 8.78 Å². The fourth-order valence-corrected chi connectivity index (χ4v) is 4.77. The van der Waals surface area contributed by atoms with Crippen LogP contribution in [-0.2, 0) is 19.8 Å². The van der Waals surface area contributed by atoms with Crippen LogP contribution in [0.4, 0.5) is 22.0 Å². The largest absolute Gasteiger partial charge is 0.418 e. The van der Waals surface area contributed by atoms with Gasteiger partial charge < -0.3 is 14.5 Å². The Labute approximate surface area is 226 Å². The summed E-state index contributed by atoms with van der Waals surface area (Å²) in [5.41, 5.74) is 0.0705. The predicted octanol–water partition coefficient (Wildman–Crippen LogP) is 5.90. The molecule has 2 aromatic carbocycles. The molecule has 1 saturated carbocycles. The molecular weight excluding hydrogens is 529 g/mol. The number of amides is 1. The molecule has 0 saturated heterocycles. The van der Waals surface area contributed by atoms with Crippen LogP contribution in [0.1, 0.15) is 51.5 Å². The lowest BCUT2D eigenvalue weighted by Gasteiger charge is -2.20. The first-order chi connectivity index (χ1) is 18.9. The first kappa shape index (κ1) is 27.3. The van der Waals surface area contributed by atoms with E-state index in [1.165, 1.54) is 18.2 Å². The molecule has 1 unspecified atom stereocenters. The Kier molecular flexibility index (Phi) is 7.07. The van der Waals surface area contributed by atoms with E-state index in [0.29, 0.717) is 23.4 Å². The second-order valence-electron chi connectivity index (χ2n) is 10.1. The number of pyridine rings is 1. The number of aryl methyl sites for hydroxylation is 2. The highest BCUT2D eigenvalue weighted by atomic mass is 19.4. The molecule has 0 radical (unpaired) electrons. The average Bonchev–Trinajstić information content (AvgIpc) is 3.70. The summed E-state index contributed by atoms with van der Waals surface area (Å²) in [6.45, 7) is 1.73. The van der Waals surface area contributed by atoms with Gasteiger partial charge in [-0.3, -0.25) is 15.2 Å². The van der Waals surface area contributed by atoms with Crippen molar-refractivity contribution in [1.82, 2.24) is 19.4 Å². The Hall–Kier alpha value is -4.28. The van der Waals surface area contributed by atoms with Crippen molar-refractivity contribution in [3.63, 3.8) is 0 Å². The third-order valence-corrected chi connectivity index (χ3v) is 7.04. The lowest BCUT2D eigenvalue weighted by molar-refractivity contribution is -0.137. The summed E-state index contributed by atoms with van der Waals surface area (Å²) in [5, 5.41) is 11.2. The second-order valence-corrected chi connectivity index (χ2v) is 10.1. The molecule has 0 aliphatic heterocycles. The molecule has 6 nitrogen and oxygen atoms in total. The number of imidazole rings is 1. The van der Waals surface area contributed by atoms with E-state index in [9.17, 15) is 26.7 Å². The Morgan fingerprint density at radius 3 is 2.50 bits per heavy atom. The van der Waals surface area contributed by atoms with Gasteiger partial charge in [-0.2, -0.15) is 13.2 Å². The van der Waals surface area contributed by atoms with E-state index in [1.54, 1.807) is 53.7 Å². The van der Waals surface area contributed by atoms with Crippen LogP contribution >= 0.6 is 0 Å². The molecular formula is C29H26F5N5O. The molecule has 4 aromatic rings. The van der Waals surface area contributed by atoms with Crippen molar-refractivity contribution in [1.29, 1.82) is 5.41 Å². The molecule has 40 heavy (non-hydrogen) atoms. The Bertz CT molecular complexity index is 1650. The van der Waals surface area contributed by atoms with Gasteiger partial charge in [0.1, 0.15) is 11.6 Å². The molecule has 5 rings (SSSR count). The molecule has 0 bridgehead atoms. The highest BCUT2D eigenvalue weighted by Gasteiger charge is 2.36. The highest BCUT2D eigenvalue weighted by molar-refractivity contribution is 5.96. The van der Waals surface area contributed by atoms with Crippen molar-refractivity contribution >= 4 is 5.91 Å². The molecule has 1 aliphatic carbocycles. The number of nitrogens with zero attached hydrogens (tertiary/aromatic N) is 3. The van der Waals surface area contributed by atoms with E-state index in [4.69, 9.17) is 5.41 Å². The van der Waals surface area contributed by atoms with Crippen LogP contribution in [0.15, 0.2) is 61.1 Å². The molecule has 1 fully saturated rings. The topological polar surface area (TPSA) is 75.7 Å². The summed E-state index contributed by atoms with van der Waals surface area (Å²) in [6.07, 6.45) is 0.865. The predicted molar refractivity (Wildman–Crippen MR) is 137 cm³/mol. The van der Waals surface area contributed by atoms with Crippen LogP contribution in [0.5, 0.6) is 0 Å². The molecule has 0 spiro atoms. The van der Waals surface area contributed by atoms with Crippen molar-refractivity contribution < 1.29 is 26.7 Å². The van der Waals surface area contributed by atoms with Crippen LogP contribution in [0.3, 0.4) is 0 Å². The monoisotopic (exact) mass is 555 g/mol. The number of carbonyl (C=O) groups is 1. The second kappa shape index (κ2) is 10.4. The molecule has 1 aliphatic rings. The van der Waals surface area contributed by atoms with Crippen molar-refractivity contribution in [2.75, 3.05) is 0 Å². The van der Waals surface area contributed by atoms with Gasteiger partial charge in [-0.15, -0.1) is 0 Å². The molecule has 11 heteroatoms. The van der Waals surface area contributed by atoms with Gasteiger partial charge in [-0.1, -0.05) is 12.1 Å². The maximum atomic E-state index is 13.9. The van der Waals surface area contributed by atoms with E-state index in [2.05, 4.69) is 10.3 Å².